The van der Waals surface area contributed by atoms with Gasteiger partial charge in [0, 0.05) is 25.7 Å². The van der Waals surface area contributed by atoms with Gasteiger partial charge in [0.25, 0.3) is 0 Å². The Morgan fingerprint density at radius 2 is 1.84 bits per heavy atom. The molecule has 0 aromatic heterocycles. The van der Waals surface area contributed by atoms with Crippen molar-refractivity contribution in [1.82, 2.24) is 10.0 Å². The van der Waals surface area contributed by atoms with Crippen LogP contribution in [0.4, 0.5) is 5.69 Å². The quantitative estimate of drug-likeness (QED) is 0.631. The van der Waals surface area contributed by atoms with Crippen LogP contribution in [0.1, 0.15) is 20.8 Å². The van der Waals surface area contributed by atoms with Crippen LogP contribution in [0.2, 0.25) is 0 Å². The molecule has 6 heteroatoms. The van der Waals surface area contributed by atoms with Gasteiger partial charge in [0.05, 0.1) is 5.69 Å². The largest absolute Gasteiger partial charge is 0.383 e. The summed E-state index contributed by atoms with van der Waals surface area (Å²) in [6, 6.07) is 7.35. The highest BCUT2D eigenvalue weighted by Gasteiger charge is 2.16. The molecule has 0 fully saturated rings. The first-order valence-electron chi connectivity index (χ1n) is 6.53. The topological polar surface area (TPSA) is 70.2 Å². The number of hydrogen-bond donors (Lipinski definition) is 3. The van der Waals surface area contributed by atoms with Crippen LogP contribution in [-0.4, -0.2) is 34.1 Å². The van der Waals surface area contributed by atoms with Gasteiger partial charge in [-0.25, -0.2) is 13.1 Å². The van der Waals surface area contributed by atoms with Crippen molar-refractivity contribution in [2.75, 3.05) is 25.0 Å². The number of benzene rings is 1. The van der Waals surface area contributed by atoms with E-state index in [1.165, 1.54) is 0 Å². The van der Waals surface area contributed by atoms with Crippen LogP contribution < -0.4 is 15.4 Å². The molecule has 0 amide bonds. The van der Waals surface area contributed by atoms with Gasteiger partial charge >= 0.3 is 0 Å². The van der Waals surface area contributed by atoms with E-state index in [1.54, 1.807) is 25.1 Å². The van der Waals surface area contributed by atoms with Gasteiger partial charge < -0.3 is 10.6 Å². The van der Waals surface area contributed by atoms with Crippen molar-refractivity contribution in [3.63, 3.8) is 0 Å². The van der Waals surface area contributed by atoms with Crippen molar-refractivity contribution in [3.05, 3.63) is 24.3 Å². The summed E-state index contributed by atoms with van der Waals surface area (Å²) in [6.07, 6.45) is 0. The van der Waals surface area contributed by atoms with Crippen molar-refractivity contribution in [3.8, 4) is 0 Å². The Kier molecular flexibility index (Phi) is 6.27. The zero-order valence-corrected chi connectivity index (χ0v) is 12.5. The molecule has 108 valence electrons. The normalized spacial score (nSPS) is 11.8. The molecule has 0 saturated heterocycles. The van der Waals surface area contributed by atoms with E-state index < -0.39 is 10.0 Å². The summed E-state index contributed by atoms with van der Waals surface area (Å²) in [6.45, 7) is 7.75. The molecule has 0 aliphatic heterocycles. The SMILES string of the molecule is CCNS(=O)(=O)c1ccccc1NCCNC(C)C. The predicted molar refractivity (Wildman–Crippen MR) is 78.9 cm³/mol. The van der Waals surface area contributed by atoms with Crippen molar-refractivity contribution >= 4 is 15.7 Å². The molecule has 0 spiro atoms. The van der Waals surface area contributed by atoms with Crippen LogP contribution in [-0.2, 0) is 10.0 Å². The molecule has 0 bridgehead atoms. The summed E-state index contributed by atoms with van der Waals surface area (Å²) in [5, 5.41) is 6.42. The zero-order valence-electron chi connectivity index (χ0n) is 11.7. The lowest BCUT2D eigenvalue weighted by Gasteiger charge is -2.13. The molecule has 19 heavy (non-hydrogen) atoms. The van der Waals surface area contributed by atoms with Gasteiger partial charge in [-0.1, -0.05) is 32.9 Å². The molecule has 1 aromatic rings. The number of nitrogens with one attached hydrogen (secondary N) is 3. The van der Waals surface area contributed by atoms with E-state index >= 15 is 0 Å². The Labute approximate surface area is 115 Å². The molecular formula is C13H23N3O2S. The summed E-state index contributed by atoms with van der Waals surface area (Å²) >= 11 is 0. The van der Waals surface area contributed by atoms with E-state index in [4.69, 9.17) is 0 Å². The maximum absolute atomic E-state index is 12.0. The first-order valence-corrected chi connectivity index (χ1v) is 8.01. The van der Waals surface area contributed by atoms with Crippen LogP contribution in [0, 0.1) is 0 Å². The molecule has 1 rings (SSSR count). The van der Waals surface area contributed by atoms with Gasteiger partial charge in [0.2, 0.25) is 10.0 Å². The Hall–Kier alpha value is -1.11. The molecule has 0 aliphatic carbocycles. The van der Waals surface area contributed by atoms with Crippen LogP contribution in [0.5, 0.6) is 0 Å². The lowest BCUT2D eigenvalue weighted by Crippen LogP contribution is -2.29. The highest BCUT2D eigenvalue weighted by atomic mass is 32.2. The van der Waals surface area contributed by atoms with Gasteiger partial charge in [-0.05, 0) is 12.1 Å². The molecular weight excluding hydrogens is 262 g/mol. The van der Waals surface area contributed by atoms with E-state index in [9.17, 15) is 8.42 Å². The summed E-state index contributed by atoms with van der Waals surface area (Å²) in [4.78, 5) is 0.293. The number of anilines is 1. The molecule has 0 radical (unpaired) electrons. The smallest absolute Gasteiger partial charge is 0.242 e. The fraction of sp³-hybridized carbons (Fsp3) is 0.538. The van der Waals surface area contributed by atoms with Crippen molar-refractivity contribution in [2.45, 2.75) is 31.7 Å². The second-order valence-corrected chi connectivity index (χ2v) is 6.27. The third-order valence-electron chi connectivity index (χ3n) is 2.50. The van der Waals surface area contributed by atoms with Gasteiger partial charge in [0.15, 0.2) is 0 Å². The monoisotopic (exact) mass is 285 g/mol. The second-order valence-electron chi connectivity index (χ2n) is 4.53. The number of para-hydroxylation sites is 1. The lowest BCUT2D eigenvalue weighted by atomic mass is 10.3. The highest BCUT2D eigenvalue weighted by Crippen LogP contribution is 2.19. The van der Waals surface area contributed by atoms with Gasteiger partial charge in [-0.15, -0.1) is 0 Å². The zero-order chi connectivity index (χ0) is 14.3. The minimum absolute atomic E-state index is 0.293. The van der Waals surface area contributed by atoms with Crippen molar-refractivity contribution < 1.29 is 8.42 Å². The fourth-order valence-corrected chi connectivity index (χ4v) is 2.90. The van der Waals surface area contributed by atoms with E-state index in [-0.39, 0.29) is 0 Å². The molecule has 3 N–H and O–H groups in total. The van der Waals surface area contributed by atoms with Crippen LogP contribution >= 0.6 is 0 Å². The Bertz CT molecular complexity index is 486. The Morgan fingerprint density at radius 3 is 2.47 bits per heavy atom. The summed E-state index contributed by atoms with van der Waals surface area (Å²) in [5.74, 6) is 0. The number of hydrogen-bond acceptors (Lipinski definition) is 4. The van der Waals surface area contributed by atoms with E-state index in [1.807, 2.05) is 6.07 Å². The number of rotatable bonds is 8. The molecule has 1 aromatic carbocycles. The summed E-state index contributed by atoms with van der Waals surface area (Å²) in [5.41, 5.74) is 0.633. The van der Waals surface area contributed by atoms with Gasteiger partial charge in [-0.2, -0.15) is 0 Å². The van der Waals surface area contributed by atoms with Crippen LogP contribution in [0.25, 0.3) is 0 Å². The average Bonchev–Trinajstić information content (AvgIpc) is 2.35. The van der Waals surface area contributed by atoms with Gasteiger partial charge in [-0.3, -0.25) is 0 Å². The molecule has 5 nitrogen and oxygen atoms in total. The van der Waals surface area contributed by atoms with E-state index in [0.717, 1.165) is 6.54 Å². The average molecular weight is 285 g/mol. The van der Waals surface area contributed by atoms with Crippen LogP contribution in [0.15, 0.2) is 29.2 Å². The van der Waals surface area contributed by atoms with E-state index in [2.05, 4.69) is 29.2 Å². The van der Waals surface area contributed by atoms with Gasteiger partial charge in [0.1, 0.15) is 4.90 Å². The highest BCUT2D eigenvalue weighted by molar-refractivity contribution is 7.89. The maximum Gasteiger partial charge on any atom is 0.242 e. The molecule has 0 saturated carbocycles. The molecule has 0 heterocycles. The third kappa shape index (κ3) is 5.18. The first-order chi connectivity index (χ1) is 8.97. The lowest BCUT2D eigenvalue weighted by molar-refractivity contribution is 0.583. The molecule has 0 atom stereocenters. The van der Waals surface area contributed by atoms with E-state index in [0.29, 0.717) is 29.7 Å². The van der Waals surface area contributed by atoms with Crippen LogP contribution in [0.3, 0.4) is 0 Å². The Balaban J connectivity index is 2.74. The third-order valence-corrected chi connectivity index (χ3v) is 4.11. The van der Waals surface area contributed by atoms with Crippen molar-refractivity contribution in [1.29, 1.82) is 0 Å². The molecule has 0 unspecified atom stereocenters. The molecule has 0 aliphatic rings. The minimum Gasteiger partial charge on any atom is -0.383 e. The second kappa shape index (κ2) is 7.47. The minimum atomic E-state index is -3.43. The van der Waals surface area contributed by atoms with Crippen molar-refractivity contribution in [2.24, 2.45) is 0 Å². The summed E-state index contributed by atoms with van der Waals surface area (Å²) < 4.78 is 26.6. The maximum atomic E-state index is 12.0. The predicted octanol–water partition coefficient (Wildman–Crippen LogP) is 1.39. The summed E-state index contributed by atoms with van der Waals surface area (Å²) in [7, 11) is -3.43. The fourth-order valence-electron chi connectivity index (χ4n) is 1.67. The standard InChI is InChI=1S/C13H23N3O2S/c1-4-16-19(17,18)13-8-6-5-7-12(13)15-10-9-14-11(2)3/h5-8,11,14-16H,4,9-10H2,1-3H3. The number of sulfonamides is 1. The Morgan fingerprint density at radius 1 is 1.16 bits per heavy atom. The first kappa shape index (κ1) is 15.9.